The van der Waals surface area contributed by atoms with Crippen molar-refractivity contribution in [1.29, 1.82) is 0 Å². The van der Waals surface area contributed by atoms with Gasteiger partial charge in [0.2, 0.25) is 0 Å². The zero-order chi connectivity index (χ0) is 14.4. The monoisotopic (exact) mass is 285 g/mol. The number of rotatable bonds is 3. The second-order valence-corrected chi connectivity index (χ2v) is 6.14. The summed E-state index contributed by atoms with van der Waals surface area (Å²) in [4.78, 5) is 26.5. The lowest BCUT2D eigenvalue weighted by Crippen LogP contribution is -2.35. The molecule has 2 aliphatic rings. The van der Waals surface area contributed by atoms with E-state index in [1.165, 1.54) is 0 Å². The van der Waals surface area contributed by atoms with Gasteiger partial charge < -0.3 is 9.55 Å². The molecule has 4 rings (SSSR count). The maximum atomic E-state index is 12.3. The van der Waals surface area contributed by atoms with Crippen LogP contribution in [-0.4, -0.2) is 31.0 Å². The maximum Gasteiger partial charge on any atom is 0.255 e. The highest BCUT2D eigenvalue weighted by atomic mass is 16.1. The van der Waals surface area contributed by atoms with E-state index in [0.29, 0.717) is 12.5 Å². The minimum atomic E-state index is 0.0487. The molecule has 1 N–H and O–H groups in total. The van der Waals surface area contributed by atoms with Crippen LogP contribution in [0.15, 0.2) is 17.3 Å². The molecule has 6 nitrogen and oxygen atoms in total. The van der Waals surface area contributed by atoms with Gasteiger partial charge in [-0.2, -0.15) is 0 Å². The molecule has 3 heterocycles. The molecule has 6 heteroatoms. The van der Waals surface area contributed by atoms with Crippen LogP contribution >= 0.6 is 0 Å². The van der Waals surface area contributed by atoms with Crippen molar-refractivity contribution < 1.29 is 0 Å². The third-order valence-electron chi connectivity index (χ3n) is 4.27. The Morgan fingerprint density at radius 2 is 2.29 bits per heavy atom. The smallest absolute Gasteiger partial charge is 0.255 e. The van der Waals surface area contributed by atoms with Crippen molar-refractivity contribution in [3.05, 3.63) is 45.7 Å². The van der Waals surface area contributed by atoms with Crippen molar-refractivity contribution >= 4 is 0 Å². The Balaban J connectivity index is 1.55. The number of hydrogen-bond donors (Lipinski definition) is 1. The molecule has 1 fully saturated rings. The first kappa shape index (κ1) is 12.8. The highest BCUT2D eigenvalue weighted by molar-refractivity contribution is 5.23. The quantitative estimate of drug-likeness (QED) is 0.911. The van der Waals surface area contributed by atoms with E-state index in [0.717, 1.165) is 55.1 Å². The molecule has 2 aromatic heterocycles. The summed E-state index contributed by atoms with van der Waals surface area (Å²) in [5.41, 5.74) is 2.92. The second kappa shape index (κ2) is 4.80. The number of aromatic amines is 1. The number of H-pyrrole nitrogens is 1. The molecular formula is C15H19N5O. The summed E-state index contributed by atoms with van der Waals surface area (Å²) in [5, 5.41) is 0. The van der Waals surface area contributed by atoms with Gasteiger partial charge in [0.25, 0.3) is 5.56 Å². The molecule has 0 aromatic carbocycles. The van der Waals surface area contributed by atoms with Crippen LogP contribution in [0.2, 0.25) is 0 Å². The molecular weight excluding hydrogens is 266 g/mol. The first-order chi connectivity index (χ1) is 10.2. The van der Waals surface area contributed by atoms with Gasteiger partial charge in [-0.15, -0.1) is 0 Å². The zero-order valence-electron chi connectivity index (χ0n) is 12.2. The molecule has 0 spiro atoms. The van der Waals surface area contributed by atoms with Crippen LogP contribution in [0, 0.1) is 0 Å². The van der Waals surface area contributed by atoms with Crippen molar-refractivity contribution in [2.45, 2.75) is 38.3 Å². The lowest BCUT2D eigenvalue weighted by Gasteiger charge is -2.27. The lowest BCUT2D eigenvalue weighted by molar-refractivity contribution is 0.239. The third kappa shape index (κ3) is 2.51. The van der Waals surface area contributed by atoms with Crippen LogP contribution in [0.1, 0.15) is 41.5 Å². The van der Waals surface area contributed by atoms with E-state index in [1.54, 1.807) is 0 Å². The second-order valence-electron chi connectivity index (χ2n) is 6.14. The van der Waals surface area contributed by atoms with Gasteiger partial charge in [-0.25, -0.2) is 9.97 Å². The van der Waals surface area contributed by atoms with Crippen molar-refractivity contribution in [2.24, 2.45) is 7.05 Å². The van der Waals surface area contributed by atoms with E-state index in [4.69, 9.17) is 0 Å². The standard InChI is InChI=1S/C15H19N5O/c1-19-6-11(16-9-19)7-20-5-4-13-12(8-20)15(21)18-14(17-13)10-2-3-10/h6,9-10H,2-5,7-8H2,1H3,(H,17,18,21). The summed E-state index contributed by atoms with van der Waals surface area (Å²) < 4.78 is 1.95. The van der Waals surface area contributed by atoms with Crippen LogP contribution in [-0.2, 0) is 26.6 Å². The van der Waals surface area contributed by atoms with E-state index >= 15 is 0 Å². The van der Waals surface area contributed by atoms with Gasteiger partial charge in [0.05, 0.1) is 23.3 Å². The average Bonchev–Trinajstić information content (AvgIpc) is 3.24. The van der Waals surface area contributed by atoms with Crippen molar-refractivity contribution in [3.63, 3.8) is 0 Å². The first-order valence-corrected chi connectivity index (χ1v) is 7.50. The van der Waals surface area contributed by atoms with E-state index in [1.807, 2.05) is 24.1 Å². The fourth-order valence-electron chi connectivity index (χ4n) is 2.96. The molecule has 1 saturated carbocycles. The van der Waals surface area contributed by atoms with Gasteiger partial charge in [-0.05, 0) is 12.8 Å². The number of nitrogens with zero attached hydrogens (tertiary/aromatic N) is 4. The van der Waals surface area contributed by atoms with Gasteiger partial charge in [-0.3, -0.25) is 9.69 Å². The predicted octanol–water partition coefficient (Wildman–Crippen LogP) is 0.939. The normalized spacial score (nSPS) is 18.7. The molecule has 2 aromatic rings. The fraction of sp³-hybridized carbons (Fsp3) is 0.533. The summed E-state index contributed by atoms with van der Waals surface area (Å²) >= 11 is 0. The van der Waals surface area contributed by atoms with E-state index in [9.17, 15) is 4.79 Å². The minimum Gasteiger partial charge on any atom is -0.340 e. The van der Waals surface area contributed by atoms with Crippen molar-refractivity contribution in [1.82, 2.24) is 24.4 Å². The Labute approximate surface area is 122 Å². The Hall–Kier alpha value is -1.95. The molecule has 1 aliphatic carbocycles. The van der Waals surface area contributed by atoms with Crippen LogP contribution in [0.25, 0.3) is 0 Å². The van der Waals surface area contributed by atoms with E-state index in [-0.39, 0.29) is 5.56 Å². The van der Waals surface area contributed by atoms with Crippen LogP contribution in [0.5, 0.6) is 0 Å². The molecule has 0 amide bonds. The lowest BCUT2D eigenvalue weighted by atomic mass is 10.1. The molecule has 0 bridgehead atoms. The summed E-state index contributed by atoms with van der Waals surface area (Å²) in [6.07, 6.45) is 7.00. The highest BCUT2D eigenvalue weighted by Crippen LogP contribution is 2.37. The van der Waals surface area contributed by atoms with Gasteiger partial charge in [0.15, 0.2) is 0 Å². The first-order valence-electron chi connectivity index (χ1n) is 7.50. The summed E-state index contributed by atoms with van der Waals surface area (Å²) in [5.74, 6) is 1.39. The maximum absolute atomic E-state index is 12.3. The van der Waals surface area contributed by atoms with Crippen molar-refractivity contribution in [2.75, 3.05) is 6.54 Å². The summed E-state index contributed by atoms with van der Waals surface area (Å²) in [6.45, 7) is 2.38. The van der Waals surface area contributed by atoms with Crippen LogP contribution < -0.4 is 5.56 Å². The molecule has 110 valence electrons. The number of aryl methyl sites for hydroxylation is 1. The zero-order valence-corrected chi connectivity index (χ0v) is 12.2. The SMILES string of the molecule is Cn1cnc(CN2CCc3nc(C4CC4)[nH]c(=O)c3C2)c1. The van der Waals surface area contributed by atoms with Gasteiger partial charge in [0.1, 0.15) is 5.82 Å². The number of nitrogens with one attached hydrogen (secondary N) is 1. The summed E-state index contributed by atoms with van der Waals surface area (Å²) in [6, 6.07) is 0. The Bertz CT molecular complexity index is 728. The van der Waals surface area contributed by atoms with E-state index < -0.39 is 0 Å². The number of hydrogen-bond acceptors (Lipinski definition) is 4. The number of aromatic nitrogens is 4. The molecule has 0 radical (unpaired) electrons. The topological polar surface area (TPSA) is 66.8 Å². The van der Waals surface area contributed by atoms with Crippen LogP contribution in [0.4, 0.5) is 0 Å². The predicted molar refractivity (Wildman–Crippen MR) is 77.9 cm³/mol. The van der Waals surface area contributed by atoms with Gasteiger partial charge in [0, 0.05) is 45.2 Å². The highest BCUT2D eigenvalue weighted by Gasteiger charge is 2.29. The molecule has 1 aliphatic heterocycles. The fourth-order valence-corrected chi connectivity index (χ4v) is 2.96. The number of fused-ring (bicyclic) bond motifs is 1. The summed E-state index contributed by atoms with van der Waals surface area (Å²) in [7, 11) is 1.97. The Morgan fingerprint density at radius 3 is 3.00 bits per heavy atom. The Kier molecular flexibility index (Phi) is 2.92. The van der Waals surface area contributed by atoms with Crippen molar-refractivity contribution in [3.8, 4) is 0 Å². The van der Waals surface area contributed by atoms with Gasteiger partial charge in [-0.1, -0.05) is 0 Å². The largest absolute Gasteiger partial charge is 0.340 e. The molecule has 0 atom stereocenters. The average molecular weight is 285 g/mol. The third-order valence-corrected chi connectivity index (χ3v) is 4.27. The minimum absolute atomic E-state index is 0.0487. The van der Waals surface area contributed by atoms with Gasteiger partial charge >= 0.3 is 0 Å². The molecule has 21 heavy (non-hydrogen) atoms. The molecule has 0 unspecified atom stereocenters. The Morgan fingerprint density at radius 1 is 1.43 bits per heavy atom. The number of imidazole rings is 1. The molecule has 0 saturated heterocycles. The van der Waals surface area contributed by atoms with Crippen LogP contribution in [0.3, 0.4) is 0 Å². The van der Waals surface area contributed by atoms with E-state index in [2.05, 4.69) is 19.9 Å².